The Labute approximate surface area is 164 Å². The zero-order chi connectivity index (χ0) is 19.2. The van der Waals surface area contributed by atoms with Gasteiger partial charge in [0.25, 0.3) is 0 Å². The molecule has 27 heavy (non-hydrogen) atoms. The third-order valence-corrected chi connectivity index (χ3v) is 5.80. The summed E-state index contributed by atoms with van der Waals surface area (Å²) in [5.41, 5.74) is 1.16. The van der Waals surface area contributed by atoms with Crippen LogP contribution >= 0.6 is 11.3 Å². The van der Waals surface area contributed by atoms with Gasteiger partial charge in [-0.1, -0.05) is 13.0 Å². The SMILES string of the molecule is CCCN1CCN(CC2=C(C(=O)OCC)C(c3cccs3)NC(=O)N2)CC1. The number of esters is 1. The zero-order valence-electron chi connectivity index (χ0n) is 16.0. The molecular formula is C19H28N4O3S. The predicted octanol–water partition coefficient (Wildman–Crippen LogP) is 1.95. The molecule has 0 spiro atoms. The van der Waals surface area contributed by atoms with E-state index >= 15 is 0 Å². The molecule has 1 aromatic rings. The van der Waals surface area contributed by atoms with Crippen molar-refractivity contribution in [2.45, 2.75) is 26.3 Å². The molecule has 1 saturated heterocycles. The largest absolute Gasteiger partial charge is 0.463 e. The van der Waals surface area contributed by atoms with Gasteiger partial charge >= 0.3 is 12.0 Å². The second kappa shape index (κ2) is 9.34. The van der Waals surface area contributed by atoms with Crippen LogP contribution in [0.4, 0.5) is 4.79 Å². The molecule has 2 aliphatic heterocycles. The number of carbonyl (C=O) groups is 2. The lowest BCUT2D eigenvalue weighted by Gasteiger charge is -2.36. The molecule has 0 bridgehead atoms. The van der Waals surface area contributed by atoms with Crippen LogP contribution in [0.25, 0.3) is 0 Å². The molecule has 1 fully saturated rings. The monoisotopic (exact) mass is 392 g/mol. The van der Waals surface area contributed by atoms with Crippen molar-refractivity contribution in [2.75, 3.05) is 45.9 Å². The first kappa shape index (κ1) is 19.9. The first-order chi connectivity index (χ1) is 13.1. The van der Waals surface area contributed by atoms with Crippen LogP contribution in [-0.4, -0.2) is 67.7 Å². The molecule has 7 nitrogen and oxygen atoms in total. The molecule has 2 amide bonds. The summed E-state index contributed by atoms with van der Waals surface area (Å²) < 4.78 is 5.30. The molecule has 0 aliphatic carbocycles. The summed E-state index contributed by atoms with van der Waals surface area (Å²) in [5, 5.41) is 7.68. The molecule has 1 atom stereocenters. The summed E-state index contributed by atoms with van der Waals surface area (Å²) >= 11 is 1.52. The van der Waals surface area contributed by atoms with Crippen LogP contribution in [0.1, 0.15) is 31.2 Å². The highest BCUT2D eigenvalue weighted by molar-refractivity contribution is 7.10. The van der Waals surface area contributed by atoms with Crippen LogP contribution in [0.5, 0.6) is 0 Å². The molecule has 0 saturated carbocycles. The number of hydrogen-bond donors (Lipinski definition) is 2. The molecule has 148 valence electrons. The number of piperazine rings is 1. The Morgan fingerprint density at radius 1 is 1.26 bits per heavy atom. The molecule has 2 aliphatic rings. The van der Waals surface area contributed by atoms with Gasteiger partial charge in [-0.05, 0) is 31.3 Å². The standard InChI is InChI=1S/C19H28N4O3S/c1-3-7-22-8-10-23(11-9-22)13-14-16(18(24)26-4-2)17(21-19(25)20-14)15-6-5-12-27-15/h5-6,12,17H,3-4,7-11,13H2,1-2H3,(H2,20,21,25). The average Bonchev–Trinajstić information content (AvgIpc) is 3.18. The number of hydrogen-bond acceptors (Lipinski definition) is 6. The lowest BCUT2D eigenvalue weighted by molar-refractivity contribution is -0.139. The number of urea groups is 1. The van der Waals surface area contributed by atoms with Gasteiger partial charge in [0, 0.05) is 43.3 Å². The fourth-order valence-electron chi connectivity index (χ4n) is 3.57. The van der Waals surface area contributed by atoms with Crippen molar-refractivity contribution in [3.63, 3.8) is 0 Å². The van der Waals surface area contributed by atoms with E-state index in [1.807, 2.05) is 17.5 Å². The minimum atomic E-state index is -0.464. The van der Waals surface area contributed by atoms with E-state index in [1.165, 1.54) is 11.3 Å². The Morgan fingerprint density at radius 3 is 2.63 bits per heavy atom. The van der Waals surface area contributed by atoms with E-state index < -0.39 is 6.04 Å². The topological polar surface area (TPSA) is 73.9 Å². The second-order valence-corrected chi connectivity index (χ2v) is 7.76. The van der Waals surface area contributed by atoms with E-state index in [1.54, 1.807) is 6.92 Å². The van der Waals surface area contributed by atoms with Gasteiger partial charge < -0.3 is 20.3 Å². The number of thiophene rings is 1. The summed E-state index contributed by atoms with van der Waals surface area (Å²) in [6.07, 6.45) is 1.16. The average molecular weight is 393 g/mol. The summed E-state index contributed by atoms with van der Waals surface area (Å²) in [5.74, 6) is -0.372. The number of nitrogens with one attached hydrogen (secondary N) is 2. The normalized spacial score (nSPS) is 21.7. The molecule has 0 radical (unpaired) electrons. The highest BCUT2D eigenvalue weighted by atomic mass is 32.1. The second-order valence-electron chi connectivity index (χ2n) is 6.78. The maximum Gasteiger partial charge on any atom is 0.338 e. The van der Waals surface area contributed by atoms with Crippen LogP contribution in [0.2, 0.25) is 0 Å². The van der Waals surface area contributed by atoms with Crippen LogP contribution in [0.15, 0.2) is 28.8 Å². The molecule has 8 heteroatoms. The van der Waals surface area contributed by atoms with Crippen molar-refractivity contribution in [1.82, 2.24) is 20.4 Å². The van der Waals surface area contributed by atoms with Crippen LogP contribution in [0.3, 0.4) is 0 Å². The van der Waals surface area contributed by atoms with Crippen molar-refractivity contribution in [3.8, 4) is 0 Å². The lowest BCUT2D eigenvalue weighted by atomic mass is 10.0. The molecule has 2 N–H and O–H groups in total. The fraction of sp³-hybridized carbons (Fsp3) is 0.579. The molecular weight excluding hydrogens is 364 g/mol. The Morgan fingerprint density at radius 2 is 2.00 bits per heavy atom. The number of carbonyl (C=O) groups excluding carboxylic acids is 2. The third-order valence-electron chi connectivity index (χ3n) is 4.86. The van der Waals surface area contributed by atoms with Gasteiger partial charge in [-0.25, -0.2) is 9.59 Å². The van der Waals surface area contributed by atoms with Gasteiger partial charge in [0.2, 0.25) is 0 Å². The van der Waals surface area contributed by atoms with Crippen molar-refractivity contribution < 1.29 is 14.3 Å². The summed E-state index contributed by atoms with van der Waals surface area (Å²) in [6.45, 7) is 9.82. The Balaban J connectivity index is 1.82. The smallest absolute Gasteiger partial charge is 0.338 e. The van der Waals surface area contributed by atoms with E-state index in [2.05, 4.69) is 27.4 Å². The Hall–Kier alpha value is -1.90. The highest BCUT2D eigenvalue weighted by Crippen LogP contribution is 2.31. The van der Waals surface area contributed by atoms with Crippen molar-refractivity contribution in [1.29, 1.82) is 0 Å². The van der Waals surface area contributed by atoms with E-state index in [4.69, 9.17) is 4.74 Å². The molecule has 3 heterocycles. The molecule has 0 aromatic carbocycles. The molecule has 3 rings (SSSR count). The maximum atomic E-state index is 12.7. The van der Waals surface area contributed by atoms with Gasteiger partial charge in [-0.15, -0.1) is 11.3 Å². The molecule has 1 unspecified atom stereocenters. The van der Waals surface area contributed by atoms with Crippen LogP contribution < -0.4 is 10.6 Å². The number of rotatable bonds is 7. The highest BCUT2D eigenvalue weighted by Gasteiger charge is 2.35. The van der Waals surface area contributed by atoms with E-state index in [0.717, 1.165) is 44.0 Å². The summed E-state index contributed by atoms with van der Waals surface area (Å²) in [4.78, 5) is 30.6. The van der Waals surface area contributed by atoms with Gasteiger partial charge in [-0.3, -0.25) is 4.90 Å². The first-order valence-corrected chi connectivity index (χ1v) is 10.5. The van der Waals surface area contributed by atoms with E-state index in [0.29, 0.717) is 24.4 Å². The Bertz CT molecular complexity index is 681. The van der Waals surface area contributed by atoms with E-state index in [-0.39, 0.29) is 12.0 Å². The third kappa shape index (κ3) is 4.88. The van der Waals surface area contributed by atoms with Gasteiger partial charge in [0.1, 0.15) is 0 Å². The maximum absolute atomic E-state index is 12.7. The van der Waals surface area contributed by atoms with Crippen molar-refractivity contribution >= 4 is 23.3 Å². The summed E-state index contributed by atoms with van der Waals surface area (Å²) in [6, 6.07) is 3.11. The van der Waals surface area contributed by atoms with Gasteiger partial charge in [0.15, 0.2) is 0 Å². The van der Waals surface area contributed by atoms with Gasteiger partial charge in [-0.2, -0.15) is 0 Å². The number of ether oxygens (including phenoxy) is 1. The van der Waals surface area contributed by atoms with E-state index in [9.17, 15) is 9.59 Å². The van der Waals surface area contributed by atoms with Crippen LogP contribution in [0, 0.1) is 0 Å². The minimum absolute atomic E-state index is 0.277. The van der Waals surface area contributed by atoms with Gasteiger partial charge in [0.05, 0.1) is 18.2 Å². The Kier molecular flexibility index (Phi) is 6.87. The fourth-order valence-corrected chi connectivity index (χ4v) is 4.36. The first-order valence-electron chi connectivity index (χ1n) is 9.58. The number of nitrogens with zero attached hydrogens (tertiary/aromatic N) is 2. The minimum Gasteiger partial charge on any atom is -0.463 e. The predicted molar refractivity (Wildman–Crippen MR) is 106 cm³/mol. The number of amides is 2. The molecule has 1 aromatic heterocycles. The quantitative estimate of drug-likeness (QED) is 0.694. The van der Waals surface area contributed by atoms with Crippen LogP contribution in [-0.2, 0) is 9.53 Å². The summed E-state index contributed by atoms with van der Waals surface area (Å²) in [7, 11) is 0. The lowest BCUT2D eigenvalue weighted by Crippen LogP contribution is -2.51. The van der Waals surface area contributed by atoms with Crippen molar-refractivity contribution in [2.24, 2.45) is 0 Å². The van der Waals surface area contributed by atoms with Crippen molar-refractivity contribution in [3.05, 3.63) is 33.7 Å². The zero-order valence-corrected chi connectivity index (χ0v) is 16.8.